The van der Waals surface area contributed by atoms with Crippen LogP contribution in [0.25, 0.3) is 0 Å². The maximum atomic E-state index is 7.50. The molecule has 1 aromatic rings. The molecule has 0 N–H and O–H groups in total. The summed E-state index contributed by atoms with van der Waals surface area (Å²) in [6.45, 7) is 18.0. The standard InChI is InChI=1S/C4H4N2.4CO.6BrH.2Re/c1-2-6-4-3-5-1;4*1-2;;;;;;;;/h1-4H;;;;;6*1H;;/p-6. The van der Waals surface area contributed by atoms with Crippen LogP contribution in [0, 0.1) is 26.6 Å². The van der Waals surface area contributed by atoms with E-state index in [4.69, 9.17) is 18.6 Å². The molecule has 2 radical (unpaired) electrons. The minimum absolute atomic E-state index is 0. The molecular formula is C8H4Br6N2O4Re2-6. The van der Waals surface area contributed by atoms with E-state index in [1.165, 1.54) is 0 Å². The summed E-state index contributed by atoms with van der Waals surface area (Å²) in [6.07, 6.45) is 6.56. The molecule has 6 nitrogen and oxygen atoms in total. The van der Waals surface area contributed by atoms with Gasteiger partial charge in [-0.1, -0.05) is 0 Å². The molecule has 0 spiro atoms. The molecule has 0 aliphatic carbocycles. The Bertz CT molecular complexity index is 216. The van der Waals surface area contributed by atoms with Gasteiger partial charge in [-0.15, -0.1) is 0 Å². The maximum Gasteiger partial charge on any atom is 0.0451 e. The van der Waals surface area contributed by atoms with Gasteiger partial charge in [-0.25, -0.2) is 0 Å². The largest absolute Gasteiger partial charge is 0.262 e. The first-order valence-corrected chi connectivity index (χ1v) is 2.52. The van der Waals surface area contributed by atoms with Gasteiger partial charge in [0.05, 0.1) is 0 Å². The minimum atomic E-state index is 0. The molecule has 0 aromatic carbocycles. The molecule has 0 bridgehead atoms. The topological polar surface area (TPSA) is 105 Å². The Balaban J connectivity index is -0.00000000575. The maximum absolute atomic E-state index is 7.50. The SMILES string of the molecule is [Br-].[Br-].[Br-].[Br-].[Br-].[Br-].[C-]#[O+].[C-]#[O+].[C-]#[O+].[C-]#[O+].[Re].[Re].c1cnccn1. The third kappa shape index (κ3) is 148. The van der Waals surface area contributed by atoms with E-state index in [0.717, 1.165) is 0 Å². The van der Waals surface area contributed by atoms with Gasteiger partial charge in [0.25, 0.3) is 0 Å². The van der Waals surface area contributed by atoms with Crippen LogP contribution >= 0.6 is 0 Å². The van der Waals surface area contributed by atoms with Crippen LogP contribution < -0.4 is 102 Å². The summed E-state index contributed by atoms with van der Waals surface area (Å²) in [5, 5.41) is 0. The number of nitrogens with zero attached hydrogens (tertiary/aromatic N) is 2. The zero-order valence-corrected chi connectivity index (χ0v) is 24.8. The van der Waals surface area contributed by atoms with Gasteiger partial charge in [-0.3, -0.25) is 9.97 Å². The first-order chi connectivity index (χ1) is 7.00. The number of hydrogen-bond acceptors (Lipinski definition) is 2. The van der Waals surface area contributed by atoms with Crippen LogP contribution in [0.5, 0.6) is 0 Å². The van der Waals surface area contributed by atoms with Crippen molar-refractivity contribution in [3.63, 3.8) is 0 Å². The van der Waals surface area contributed by atoms with Crippen LogP contribution in [0.15, 0.2) is 24.8 Å². The fourth-order valence-corrected chi connectivity index (χ4v) is 0.253. The van der Waals surface area contributed by atoms with Crippen molar-refractivity contribution in [3.05, 3.63) is 51.4 Å². The Morgan fingerprint density at radius 2 is 0.500 bits per heavy atom. The summed E-state index contributed by atoms with van der Waals surface area (Å²) in [5.41, 5.74) is 0. The number of hydrogen-bond donors (Lipinski definition) is 0. The fraction of sp³-hybridized carbons (Fsp3) is 0. The first kappa shape index (κ1) is 87.4. The predicted molar refractivity (Wildman–Crippen MR) is 37.8 cm³/mol. The molecule has 132 valence electrons. The smallest absolute Gasteiger partial charge is 0.0451 e. The van der Waals surface area contributed by atoms with Crippen LogP contribution in [0.1, 0.15) is 0 Å². The van der Waals surface area contributed by atoms with Crippen molar-refractivity contribution in [2.24, 2.45) is 0 Å². The molecule has 0 aliphatic heterocycles. The molecule has 0 aliphatic rings. The van der Waals surface area contributed by atoms with E-state index in [9.17, 15) is 0 Å². The molecule has 0 saturated heterocycles. The van der Waals surface area contributed by atoms with Gasteiger partial charge in [0.1, 0.15) is 0 Å². The monoisotopic (exact) mass is 1040 g/mol. The van der Waals surface area contributed by atoms with Crippen molar-refractivity contribution in [2.45, 2.75) is 0 Å². The Labute approximate surface area is 220 Å². The van der Waals surface area contributed by atoms with Crippen LogP contribution in [0.3, 0.4) is 0 Å². The Kier molecular flexibility index (Phi) is 672. The Hall–Kier alpha value is 2.24. The summed E-state index contributed by atoms with van der Waals surface area (Å²) in [7, 11) is 0. The van der Waals surface area contributed by atoms with E-state index in [0.29, 0.717) is 0 Å². The molecule has 0 amide bonds. The zero-order valence-electron chi connectivity index (χ0n) is 9.86. The zero-order chi connectivity index (χ0) is 12.2. The van der Waals surface area contributed by atoms with Crippen molar-refractivity contribution in [1.29, 1.82) is 0 Å². The molecule has 22 heavy (non-hydrogen) atoms. The van der Waals surface area contributed by atoms with Gasteiger partial charge in [-0.2, -0.15) is 0 Å². The Morgan fingerprint density at radius 1 is 0.409 bits per heavy atom. The normalized spacial score (nSPS) is 2.55. The third-order valence-electron chi connectivity index (χ3n) is 0.478. The number of aromatic nitrogens is 2. The second-order valence-corrected chi connectivity index (χ2v) is 0.894. The average molecular weight is 1040 g/mol. The average Bonchev–Trinajstić information content (AvgIpc) is 2.41. The molecule has 1 rings (SSSR count). The van der Waals surface area contributed by atoms with Gasteiger partial charge in [0.15, 0.2) is 0 Å². The minimum Gasteiger partial charge on any atom is -0.262 e. The molecule has 0 unspecified atom stereocenters. The second kappa shape index (κ2) is 169. The quantitative estimate of drug-likeness (QED) is 0.191. The summed E-state index contributed by atoms with van der Waals surface area (Å²) in [5.74, 6) is 0. The molecule has 14 heteroatoms. The van der Waals surface area contributed by atoms with Crippen molar-refractivity contribution in [1.82, 2.24) is 9.97 Å². The summed E-state index contributed by atoms with van der Waals surface area (Å²) in [4.78, 5) is 7.44. The summed E-state index contributed by atoms with van der Waals surface area (Å²) in [6, 6.07) is 0. The second-order valence-electron chi connectivity index (χ2n) is 0.894. The van der Waals surface area contributed by atoms with Crippen molar-refractivity contribution >= 4 is 0 Å². The van der Waals surface area contributed by atoms with Crippen LogP contribution in [0.4, 0.5) is 0 Å². The van der Waals surface area contributed by atoms with E-state index in [-0.39, 0.29) is 143 Å². The first-order valence-electron chi connectivity index (χ1n) is 2.52. The molecule has 1 aromatic heterocycles. The molecule has 0 fully saturated rings. The van der Waals surface area contributed by atoms with E-state index in [2.05, 4.69) is 36.6 Å². The predicted octanol–water partition coefficient (Wildman–Crippen LogP) is -17.7. The van der Waals surface area contributed by atoms with Crippen LogP contribution in [-0.2, 0) is 59.5 Å². The van der Waals surface area contributed by atoms with Gasteiger partial charge >= 0.3 is 45.2 Å². The summed E-state index contributed by atoms with van der Waals surface area (Å²) < 4.78 is 30.0. The molecule has 1 heterocycles. The van der Waals surface area contributed by atoms with Gasteiger partial charge in [-0.05, 0) is 0 Å². The number of rotatable bonds is 0. The van der Waals surface area contributed by atoms with Crippen molar-refractivity contribution in [2.75, 3.05) is 0 Å². The molecule has 0 atom stereocenters. The van der Waals surface area contributed by atoms with E-state index in [1.807, 2.05) is 0 Å². The summed E-state index contributed by atoms with van der Waals surface area (Å²) >= 11 is 0. The van der Waals surface area contributed by atoms with Gasteiger partial charge in [0, 0.05) is 65.6 Å². The van der Waals surface area contributed by atoms with E-state index < -0.39 is 0 Å². The van der Waals surface area contributed by atoms with Gasteiger partial charge in [0.2, 0.25) is 0 Å². The van der Waals surface area contributed by atoms with E-state index in [1.54, 1.807) is 24.8 Å². The molecule has 0 saturated carbocycles. The van der Waals surface area contributed by atoms with E-state index >= 15 is 0 Å². The fourth-order valence-electron chi connectivity index (χ4n) is 0.253. The van der Waals surface area contributed by atoms with Gasteiger partial charge < -0.3 is 102 Å². The van der Waals surface area contributed by atoms with Crippen molar-refractivity contribution < 1.29 is 161 Å². The van der Waals surface area contributed by atoms with Crippen molar-refractivity contribution in [3.8, 4) is 0 Å². The molecular weight excluding hydrogens is 1040 g/mol. The van der Waals surface area contributed by atoms with Crippen LogP contribution in [-0.4, -0.2) is 9.97 Å². The number of halogens is 6. The van der Waals surface area contributed by atoms with Crippen LogP contribution in [0.2, 0.25) is 0 Å². The third-order valence-corrected chi connectivity index (χ3v) is 0.478. The Morgan fingerprint density at radius 3 is 0.545 bits per heavy atom.